The van der Waals surface area contributed by atoms with Crippen LogP contribution in [0.4, 0.5) is 31.1 Å². The van der Waals surface area contributed by atoms with Gasteiger partial charge in [0.25, 0.3) is 0 Å². The molecule has 1 aromatic heterocycles. The summed E-state index contributed by atoms with van der Waals surface area (Å²) in [6.07, 6.45) is 8.18. The van der Waals surface area contributed by atoms with Gasteiger partial charge in [-0.25, -0.2) is 30.8 Å². The zero-order valence-electron chi connectivity index (χ0n) is 24.6. The highest BCUT2D eigenvalue weighted by Crippen LogP contribution is 2.36. The number of carbonyl (C=O) groups is 3. The summed E-state index contributed by atoms with van der Waals surface area (Å²) in [7, 11) is -11.5. The van der Waals surface area contributed by atoms with Gasteiger partial charge in [-0.2, -0.15) is 26.3 Å². The van der Waals surface area contributed by atoms with E-state index in [1.165, 1.54) is 4.90 Å². The lowest BCUT2D eigenvalue weighted by atomic mass is 10.1. The van der Waals surface area contributed by atoms with E-state index in [1.807, 2.05) is 55.7 Å². The molecule has 45 heavy (non-hydrogen) atoms. The normalized spacial score (nSPS) is 19.6. The fourth-order valence-electron chi connectivity index (χ4n) is 4.33. The molecule has 2 atom stereocenters. The van der Waals surface area contributed by atoms with Crippen molar-refractivity contribution in [3.63, 3.8) is 0 Å². The van der Waals surface area contributed by atoms with Crippen molar-refractivity contribution in [3.8, 4) is 0 Å². The molecular formula is C23H34F6N6O8S2. The minimum Gasteiger partial charge on any atom is -0.444 e. The predicted molar refractivity (Wildman–Crippen MR) is 143 cm³/mol. The van der Waals surface area contributed by atoms with Crippen LogP contribution in [-0.2, 0) is 48.0 Å². The first-order valence-corrected chi connectivity index (χ1v) is 16.2. The van der Waals surface area contributed by atoms with Gasteiger partial charge in [-0.1, -0.05) is 0 Å². The highest BCUT2D eigenvalue weighted by Gasteiger charge is 2.47. The van der Waals surface area contributed by atoms with E-state index in [2.05, 4.69) is 5.32 Å². The van der Waals surface area contributed by atoms with Crippen LogP contribution in [0.15, 0.2) is 18.7 Å². The van der Waals surface area contributed by atoms with Crippen molar-refractivity contribution in [2.45, 2.75) is 81.7 Å². The third-order valence-corrected chi connectivity index (χ3v) is 9.02. The Morgan fingerprint density at radius 2 is 1.42 bits per heavy atom. The highest BCUT2D eigenvalue weighted by molar-refractivity contribution is 8.13. The molecule has 14 nitrogen and oxygen atoms in total. The molecule has 258 valence electrons. The van der Waals surface area contributed by atoms with Gasteiger partial charge >= 0.3 is 17.1 Å². The smallest absolute Gasteiger partial charge is 0.444 e. The van der Waals surface area contributed by atoms with E-state index in [0.29, 0.717) is 39.0 Å². The topological polar surface area (TPSA) is 170 Å². The lowest BCUT2D eigenvalue weighted by Crippen LogP contribution is -2.53. The number of nitrogens with one attached hydrogen (secondary N) is 1. The molecule has 2 saturated heterocycles. The number of alkyl halides is 6. The second-order valence-electron chi connectivity index (χ2n) is 11.0. The summed E-state index contributed by atoms with van der Waals surface area (Å²) in [5, 5.41) is 2.95. The average Bonchev–Trinajstić information content (AvgIpc) is 3.62. The third-order valence-electron chi connectivity index (χ3n) is 6.28. The number of imidazole rings is 1. The van der Waals surface area contributed by atoms with Crippen LogP contribution in [0.25, 0.3) is 4.13 Å². The SMILES string of the molecule is C[n+]1ccn(CCNC(=O)C2CCCN2C(=O)C2CCCN2C(=O)OC(C)(C)C)c1.O=S(=O)([N-]S(=O)(=O)C(F)(F)F)C(F)(F)F. The summed E-state index contributed by atoms with van der Waals surface area (Å²) < 4.78 is 119. The second kappa shape index (κ2) is 14.1. The zero-order chi connectivity index (χ0) is 34.6. The molecule has 0 radical (unpaired) electrons. The van der Waals surface area contributed by atoms with Crippen LogP contribution in [0.2, 0.25) is 0 Å². The van der Waals surface area contributed by atoms with E-state index >= 15 is 0 Å². The molecule has 2 aliphatic rings. The third kappa shape index (κ3) is 10.4. The van der Waals surface area contributed by atoms with Crippen LogP contribution in [0.5, 0.6) is 0 Å². The molecule has 1 aromatic rings. The molecule has 3 amide bonds. The molecule has 0 saturated carbocycles. The largest absolute Gasteiger partial charge is 0.480 e. The first-order chi connectivity index (χ1) is 20.4. The fourth-order valence-corrected chi connectivity index (χ4v) is 6.04. The maximum absolute atomic E-state index is 13.2. The van der Waals surface area contributed by atoms with Crippen LogP contribution in [0, 0.1) is 0 Å². The van der Waals surface area contributed by atoms with Crippen molar-refractivity contribution in [1.82, 2.24) is 19.7 Å². The lowest BCUT2D eigenvalue weighted by molar-refractivity contribution is -0.671. The number of likely N-dealkylation sites (tertiary alicyclic amines) is 2. The molecule has 2 unspecified atom stereocenters. The van der Waals surface area contributed by atoms with Crippen molar-refractivity contribution in [3.05, 3.63) is 22.8 Å². The van der Waals surface area contributed by atoms with Crippen LogP contribution in [0.1, 0.15) is 46.5 Å². The number of carbonyl (C=O) groups excluding carboxylic acids is 3. The molecule has 2 aliphatic heterocycles. The van der Waals surface area contributed by atoms with E-state index in [4.69, 9.17) is 4.74 Å². The number of aryl methyl sites for hydroxylation is 1. The van der Waals surface area contributed by atoms with Gasteiger partial charge in [0.15, 0.2) is 20.0 Å². The summed E-state index contributed by atoms with van der Waals surface area (Å²) in [5.41, 5.74) is -13.0. The van der Waals surface area contributed by atoms with Gasteiger partial charge in [0.05, 0.1) is 13.6 Å². The summed E-state index contributed by atoms with van der Waals surface area (Å²) in [6, 6.07) is -1.02. The molecule has 3 rings (SSSR count). The van der Waals surface area contributed by atoms with Crippen LogP contribution < -0.4 is 9.88 Å². The molecule has 22 heteroatoms. The quantitative estimate of drug-likeness (QED) is 0.332. The maximum atomic E-state index is 13.2. The Hall–Kier alpha value is -3.14. The number of hydrogen-bond acceptors (Lipinski definition) is 8. The standard InChI is InChI=1S/C21H33N5O4.C2F6NO4S2/c1-21(2,3)30-20(29)26-11-6-8-17(26)19(28)25-10-5-7-16(25)18(27)22-9-12-24-14-13-23(4)15-24;3-1(4,5)14(10,11)9-15(12,13)2(6,7)8/h13-17H,5-12H2,1-4H3;/q;-1/p+1. The van der Waals surface area contributed by atoms with Gasteiger partial charge in [-0.15, -0.1) is 0 Å². The minimum absolute atomic E-state index is 0.126. The monoisotopic (exact) mass is 700 g/mol. The van der Waals surface area contributed by atoms with Gasteiger partial charge in [-0.05, 0) is 46.5 Å². The number of hydrogen-bond donors (Lipinski definition) is 1. The van der Waals surface area contributed by atoms with Gasteiger partial charge in [-0.3, -0.25) is 14.5 Å². The summed E-state index contributed by atoms with van der Waals surface area (Å²) in [6.45, 7) is 7.65. The Morgan fingerprint density at radius 1 is 0.911 bits per heavy atom. The summed E-state index contributed by atoms with van der Waals surface area (Å²) in [5.74, 6) is -0.271. The fraction of sp³-hybridized carbons (Fsp3) is 0.739. The van der Waals surface area contributed by atoms with Crippen LogP contribution in [-0.4, -0.2) is 97.4 Å². The summed E-state index contributed by atoms with van der Waals surface area (Å²) in [4.78, 5) is 41.7. The van der Waals surface area contributed by atoms with E-state index in [1.54, 1.807) is 4.90 Å². The molecule has 1 N–H and O–H groups in total. The number of aromatic nitrogens is 2. The number of halogens is 6. The van der Waals surface area contributed by atoms with Crippen molar-refractivity contribution < 1.29 is 66.9 Å². The van der Waals surface area contributed by atoms with E-state index in [0.717, 1.165) is 17.0 Å². The molecule has 2 fully saturated rings. The van der Waals surface area contributed by atoms with Crippen LogP contribution in [0.3, 0.4) is 0 Å². The van der Waals surface area contributed by atoms with Crippen LogP contribution >= 0.6 is 0 Å². The molecule has 0 bridgehead atoms. The first-order valence-electron chi connectivity index (χ1n) is 13.3. The Balaban J connectivity index is 0.000000399. The van der Waals surface area contributed by atoms with E-state index < -0.39 is 54.8 Å². The zero-order valence-corrected chi connectivity index (χ0v) is 26.3. The lowest BCUT2D eigenvalue weighted by Gasteiger charge is -2.32. The highest BCUT2D eigenvalue weighted by atomic mass is 32.3. The van der Waals surface area contributed by atoms with E-state index in [9.17, 15) is 57.6 Å². The Morgan fingerprint density at radius 3 is 1.89 bits per heavy atom. The maximum Gasteiger partial charge on any atom is 0.480 e. The molecule has 0 aliphatic carbocycles. The number of rotatable bonds is 7. The first kappa shape index (κ1) is 38.0. The predicted octanol–water partition coefficient (Wildman–Crippen LogP) is 1.88. The molecule has 0 spiro atoms. The molecule has 0 aromatic carbocycles. The Labute approximate surface area is 255 Å². The van der Waals surface area contributed by atoms with Crippen molar-refractivity contribution in [1.29, 1.82) is 0 Å². The van der Waals surface area contributed by atoms with Gasteiger partial charge in [0.2, 0.25) is 18.1 Å². The van der Waals surface area contributed by atoms with Gasteiger partial charge in [0, 0.05) is 13.1 Å². The minimum atomic E-state index is -6.72. The summed E-state index contributed by atoms with van der Waals surface area (Å²) >= 11 is 0. The average molecular weight is 701 g/mol. The second-order valence-corrected chi connectivity index (χ2v) is 14.5. The van der Waals surface area contributed by atoms with Crippen molar-refractivity contribution in [2.75, 3.05) is 19.6 Å². The molecular weight excluding hydrogens is 666 g/mol. The Bertz CT molecular complexity index is 1400. The van der Waals surface area contributed by atoms with Gasteiger partial charge < -0.3 is 19.1 Å². The van der Waals surface area contributed by atoms with Crippen molar-refractivity contribution in [2.24, 2.45) is 7.05 Å². The van der Waals surface area contributed by atoms with E-state index in [-0.39, 0.29) is 11.8 Å². The molecule has 3 heterocycles. The number of ether oxygens (including phenoxy) is 1. The van der Waals surface area contributed by atoms with Gasteiger partial charge in [0.1, 0.15) is 36.6 Å². The van der Waals surface area contributed by atoms with Crippen molar-refractivity contribution >= 4 is 38.0 Å². The number of amides is 3. The number of nitrogens with zero attached hydrogens (tertiary/aromatic N) is 5. The Kier molecular flexibility index (Phi) is 11.9. The number of sulfonamides is 2.